The van der Waals surface area contributed by atoms with Crippen LogP contribution < -0.4 is 0 Å². The Morgan fingerprint density at radius 1 is 0.321 bits per heavy atom. The third-order valence-electron chi connectivity index (χ3n) is 10.9. The fourth-order valence-electron chi connectivity index (χ4n) is 8.48. The molecule has 0 saturated heterocycles. The Balaban J connectivity index is 1.18. The number of aromatic nitrogens is 2. The van der Waals surface area contributed by atoms with Crippen LogP contribution >= 0.6 is 0 Å². The van der Waals surface area contributed by atoms with Gasteiger partial charge in [-0.2, -0.15) is 0 Å². The van der Waals surface area contributed by atoms with Crippen molar-refractivity contribution in [2.75, 3.05) is 0 Å². The normalized spacial score (nSPS) is 11.8. The highest BCUT2D eigenvalue weighted by atomic mass is 15.0. The molecule has 0 amide bonds. The molecule has 11 rings (SSSR count). The first-order valence-electron chi connectivity index (χ1n) is 18.2. The Kier molecular flexibility index (Phi) is 6.59. The minimum Gasteiger partial charge on any atom is -0.309 e. The second-order valence-corrected chi connectivity index (χ2v) is 13.9. The van der Waals surface area contributed by atoms with Crippen molar-refractivity contribution in [2.24, 2.45) is 0 Å². The Morgan fingerprint density at radius 2 is 0.849 bits per heavy atom. The maximum absolute atomic E-state index is 5.26. The van der Waals surface area contributed by atoms with Crippen LogP contribution in [0.1, 0.15) is 0 Å². The minimum absolute atomic E-state index is 0.959. The lowest BCUT2D eigenvalue weighted by Gasteiger charge is -2.16. The first-order chi connectivity index (χ1) is 26.3. The number of rotatable bonds is 4. The Labute approximate surface area is 306 Å². The zero-order chi connectivity index (χ0) is 34.9. The van der Waals surface area contributed by atoms with Gasteiger partial charge in [0.25, 0.3) is 0 Å². The summed E-state index contributed by atoms with van der Waals surface area (Å²) in [4.78, 5) is 5.26. The van der Waals surface area contributed by atoms with Gasteiger partial charge in [-0.15, -0.1) is 0 Å². The Bertz CT molecular complexity index is 3130. The molecule has 0 atom stereocenters. The van der Waals surface area contributed by atoms with Crippen molar-refractivity contribution in [1.82, 2.24) is 9.55 Å². The third-order valence-corrected chi connectivity index (χ3v) is 10.9. The zero-order valence-electron chi connectivity index (χ0n) is 28.9. The van der Waals surface area contributed by atoms with Gasteiger partial charge in [0.15, 0.2) is 0 Å². The van der Waals surface area contributed by atoms with E-state index in [1.807, 2.05) is 0 Å². The third kappa shape index (κ3) is 4.70. The maximum Gasteiger partial charge on any atom is 0.0715 e. The second-order valence-electron chi connectivity index (χ2n) is 13.9. The summed E-state index contributed by atoms with van der Waals surface area (Å²) in [6.45, 7) is 0. The number of hydrogen-bond donors (Lipinski definition) is 0. The van der Waals surface area contributed by atoms with Crippen molar-refractivity contribution in [2.45, 2.75) is 0 Å². The van der Waals surface area contributed by atoms with Gasteiger partial charge < -0.3 is 4.57 Å². The standard InChI is InChI=1S/C51H32N2/c1-2-15-36(16-3-1)45-31-39(32-46(52-45)38-23-22-33-12-4-5-17-37(33)30-38)40-26-29-47(44-21-11-10-20-43(40)44)53-48-27-24-34-13-6-8-18-41(34)50(48)51-42-19-9-7-14-35(42)25-28-49(51)53/h1-32H. The minimum atomic E-state index is 0.959. The summed E-state index contributed by atoms with van der Waals surface area (Å²) in [5.74, 6) is 0. The van der Waals surface area contributed by atoms with Gasteiger partial charge >= 0.3 is 0 Å². The number of pyridine rings is 1. The lowest BCUT2D eigenvalue weighted by Crippen LogP contribution is -1.97. The molecule has 2 aromatic heterocycles. The second kappa shape index (κ2) is 11.8. The van der Waals surface area contributed by atoms with Crippen molar-refractivity contribution in [1.29, 1.82) is 0 Å². The highest BCUT2D eigenvalue weighted by Crippen LogP contribution is 2.43. The summed E-state index contributed by atoms with van der Waals surface area (Å²) in [6.07, 6.45) is 0. The topological polar surface area (TPSA) is 17.8 Å². The largest absolute Gasteiger partial charge is 0.309 e. The smallest absolute Gasteiger partial charge is 0.0715 e. The molecule has 0 saturated carbocycles. The van der Waals surface area contributed by atoms with E-state index in [0.717, 1.165) is 28.1 Å². The molecule has 246 valence electrons. The summed E-state index contributed by atoms with van der Waals surface area (Å²) >= 11 is 0. The maximum atomic E-state index is 5.26. The van der Waals surface area contributed by atoms with E-state index in [0.29, 0.717) is 0 Å². The summed E-state index contributed by atoms with van der Waals surface area (Å²) in [5, 5.41) is 12.5. The molecule has 11 aromatic rings. The van der Waals surface area contributed by atoms with Gasteiger partial charge in [-0.3, -0.25) is 0 Å². The van der Waals surface area contributed by atoms with Crippen LogP contribution in [0.15, 0.2) is 194 Å². The van der Waals surface area contributed by atoms with Gasteiger partial charge in [0, 0.05) is 27.3 Å². The van der Waals surface area contributed by atoms with Crippen molar-refractivity contribution < 1.29 is 0 Å². The van der Waals surface area contributed by atoms with Crippen LogP contribution in [-0.4, -0.2) is 9.55 Å². The molecule has 0 bridgehead atoms. The molecule has 2 heterocycles. The SMILES string of the molecule is c1ccc(-c2cc(-c3ccc(-n4c5ccc6ccccc6c5c5c6ccccc6ccc54)c4ccccc34)cc(-c3ccc4ccccc4c3)n2)cc1. The van der Waals surface area contributed by atoms with Gasteiger partial charge in [-0.25, -0.2) is 4.98 Å². The number of fused-ring (bicyclic) bond motifs is 9. The van der Waals surface area contributed by atoms with Crippen LogP contribution in [0.5, 0.6) is 0 Å². The van der Waals surface area contributed by atoms with Crippen LogP contribution in [0.2, 0.25) is 0 Å². The summed E-state index contributed by atoms with van der Waals surface area (Å²) < 4.78 is 2.48. The lowest BCUT2D eigenvalue weighted by atomic mass is 9.94. The molecule has 0 aliphatic carbocycles. The molecular weight excluding hydrogens is 641 g/mol. The molecule has 0 N–H and O–H groups in total. The van der Waals surface area contributed by atoms with Crippen LogP contribution in [0.25, 0.3) is 104 Å². The molecule has 53 heavy (non-hydrogen) atoms. The van der Waals surface area contributed by atoms with Crippen LogP contribution in [-0.2, 0) is 0 Å². The van der Waals surface area contributed by atoms with Crippen molar-refractivity contribution in [3.8, 4) is 39.3 Å². The quantitative estimate of drug-likeness (QED) is 0.182. The molecular formula is C51H32N2. The zero-order valence-corrected chi connectivity index (χ0v) is 28.9. The fraction of sp³-hybridized carbons (Fsp3) is 0. The van der Waals surface area contributed by atoms with Gasteiger partial charge in [-0.05, 0) is 85.2 Å². The molecule has 9 aromatic carbocycles. The van der Waals surface area contributed by atoms with E-state index in [4.69, 9.17) is 4.98 Å². The molecule has 0 radical (unpaired) electrons. The van der Waals surface area contributed by atoms with E-state index < -0.39 is 0 Å². The highest BCUT2D eigenvalue weighted by molar-refractivity contribution is 6.29. The van der Waals surface area contributed by atoms with E-state index in [1.54, 1.807) is 0 Å². The summed E-state index contributed by atoms with van der Waals surface area (Å²) in [6, 6.07) is 70.4. The van der Waals surface area contributed by atoms with E-state index in [2.05, 4.69) is 199 Å². The number of benzene rings is 9. The number of hydrogen-bond acceptors (Lipinski definition) is 1. The molecule has 0 spiro atoms. The van der Waals surface area contributed by atoms with Crippen LogP contribution in [0, 0.1) is 0 Å². The van der Waals surface area contributed by atoms with Gasteiger partial charge in [-0.1, -0.05) is 158 Å². The van der Waals surface area contributed by atoms with Gasteiger partial charge in [0.05, 0.1) is 28.1 Å². The molecule has 0 aliphatic rings. The van der Waals surface area contributed by atoms with Crippen LogP contribution in [0.4, 0.5) is 0 Å². The predicted molar refractivity (Wildman–Crippen MR) is 225 cm³/mol. The lowest BCUT2D eigenvalue weighted by molar-refractivity contribution is 1.20. The Hall–Kier alpha value is -7.03. The van der Waals surface area contributed by atoms with Crippen LogP contribution in [0.3, 0.4) is 0 Å². The molecule has 0 aliphatic heterocycles. The summed E-state index contributed by atoms with van der Waals surface area (Å²) in [7, 11) is 0. The molecule has 2 nitrogen and oxygen atoms in total. The van der Waals surface area contributed by atoms with E-state index >= 15 is 0 Å². The summed E-state index contributed by atoms with van der Waals surface area (Å²) in [5.41, 5.74) is 10.0. The monoisotopic (exact) mass is 672 g/mol. The molecule has 0 fully saturated rings. The van der Waals surface area contributed by atoms with Gasteiger partial charge in [0.1, 0.15) is 0 Å². The highest BCUT2D eigenvalue weighted by Gasteiger charge is 2.20. The molecule has 0 unspecified atom stereocenters. The Morgan fingerprint density at radius 3 is 1.53 bits per heavy atom. The van der Waals surface area contributed by atoms with Crippen molar-refractivity contribution in [3.63, 3.8) is 0 Å². The molecule has 2 heteroatoms. The van der Waals surface area contributed by atoms with Gasteiger partial charge in [0.2, 0.25) is 0 Å². The fourth-order valence-corrected chi connectivity index (χ4v) is 8.48. The number of nitrogens with zero attached hydrogens (tertiary/aromatic N) is 2. The van der Waals surface area contributed by atoms with E-state index in [1.165, 1.54) is 76.1 Å². The van der Waals surface area contributed by atoms with Crippen molar-refractivity contribution >= 4 is 64.9 Å². The predicted octanol–water partition coefficient (Wildman–Crippen LogP) is 13.8. The average Bonchev–Trinajstić information content (AvgIpc) is 3.58. The average molecular weight is 673 g/mol. The van der Waals surface area contributed by atoms with E-state index in [9.17, 15) is 0 Å². The first-order valence-corrected chi connectivity index (χ1v) is 18.2. The van der Waals surface area contributed by atoms with E-state index in [-0.39, 0.29) is 0 Å². The first kappa shape index (κ1) is 29.7. The van der Waals surface area contributed by atoms with Crippen molar-refractivity contribution in [3.05, 3.63) is 194 Å².